The summed E-state index contributed by atoms with van der Waals surface area (Å²) in [6.07, 6.45) is 0.928. The Balaban J connectivity index is 2.87. The third-order valence-corrected chi connectivity index (χ3v) is 2.22. The van der Waals surface area contributed by atoms with Crippen molar-refractivity contribution < 1.29 is 24.2 Å². The Morgan fingerprint density at radius 3 is 2.74 bits per heavy atom. The number of ether oxygens (including phenoxy) is 1. The molecule has 1 heterocycles. The van der Waals surface area contributed by atoms with Crippen LogP contribution in [0.5, 0.6) is 5.88 Å². The van der Waals surface area contributed by atoms with E-state index in [1.54, 1.807) is 0 Å². The maximum absolute atomic E-state index is 11.9. The van der Waals surface area contributed by atoms with Gasteiger partial charge >= 0.3 is 5.97 Å². The molecule has 0 radical (unpaired) electrons. The van der Waals surface area contributed by atoms with Crippen LogP contribution in [0, 0.1) is 0 Å². The van der Waals surface area contributed by atoms with E-state index in [2.05, 4.69) is 10.3 Å². The number of primary amides is 1. The largest absolute Gasteiger partial charge is 0.480 e. The van der Waals surface area contributed by atoms with Gasteiger partial charge in [0.2, 0.25) is 11.8 Å². The predicted octanol–water partition coefficient (Wildman–Crippen LogP) is -0.851. The van der Waals surface area contributed by atoms with Crippen molar-refractivity contribution in [2.24, 2.45) is 5.73 Å². The van der Waals surface area contributed by atoms with E-state index in [9.17, 15) is 14.4 Å². The second kappa shape index (κ2) is 6.34. The van der Waals surface area contributed by atoms with Crippen LogP contribution >= 0.6 is 0 Å². The van der Waals surface area contributed by atoms with E-state index in [0.29, 0.717) is 0 Å². The van der Waals surface area contributed by atoms with Gasteiger partial charge in [0.15, 0.2) is 0 Å². The summed E-state index contributed by atoms with van der Waals surface area (Å²) >= 11 is 0. The molecule has 0 aliphatic carbocycles. The molecule has 1 atom stereocenters. The fraction of sp³-hybridized carbons (Fsp3) is 0.273. The Kier molecular flexibility index (Phi) is 4.81. The number of hydrogen-bond acceptors (Lipinski definition) is 5. The van der Waals surface area contributed by atoms with E-state index < -0.39 is 30.2 Å². The molecule has 4 N–H and O–H groups in total. The molecule has 0 saturated heterocycles. The first-order valence-corrected chi connectivity index (χ1v) is 5.26. The van der Waals surface area contributed by atoms with Gasteiger partial charge < -0.3 is 20.9 Å². The zero-order valence-corrected chi connectivity index (χ0v) is 10.1. The van der Waals surface area contributed by atoms with E-state index >= 15 is 0 Å². The molecule has 8 heteroatoms. The smallest absolute Gasteiger partial charge is 0.326 e. The lowest BCUT2D eigenvalue weighted by Crippen LogP contribution is -2.43. The molecule has 8 nitrogen and oxygen atoms in total. The van der Waals surface area contributed by atoms with Crippen LogP contribution in [0.15, 0.2) is 18.3 Å². The maximum Gasteiger partial charge on any atom is 0.326 e. The Morgan fingerprint density at radius 1 is 1.53 bits per heavy atom. The molecule has 1 aromatic heterocycles. The summed E-state index contributed by atoms with van der Waals surface area (Å²) in [6.45, 7) is 0. The molecule has 19 heavy (non-hydrogen) atoms. The quantitative estimate of drug-likeness (QED) is 0.615. The molecule has 102 valence electrons. The van der Waals surface area contributed by atoms with Crippen LogP contribution < -0.4 is 15.8 Å². The van der Waals surface area contributed by atoms with Gasteiger partial charge in [-0.25, -0.2) is 9.78 Å². The van der Waals surface area contributed by atoms with E-state index in [0.717, 1.165) is 0 Å². The van der Waals surface area contributed by atoms with Crippen LogP contribution in [0.4, 0.5) is 0 Å². The number of carboxylic acid groups (broad SMARTS) is 1. The number of pyridine rings is 1. The van der Waals surface area contributed by atoms with E-state index in [-0.39, 0.29) is 11.4 Å². The molecular formula is C11H13N3O5. The van der Waals surface area contributed by atoms with Gasteiger partial charge in [-0.15, -0.1) is 0 Å². The van der Waals surface area contributed by atoms with Crippen molar-refractivity contribution in [1.82, 2.24) is 10.3 Å². The van der Waals surface area contributed by atoms with Crippen LogP contribution in [-0.4, -0.2) is 41.0 Å². The average molecular weight is 267 g/mol. The number of carbonyl (C=O) groups excluding carboxylic acids is 2. The number of aliphatic carboxylic acids is 1. The van der Waals surface area contributed by atoms with E-state index in [4.69, 9.17) is 15.6 Å². The lowest BCUT2D eigenvalue weighted by molar-refractivity contribution is -0.140. The molecule has 0 spiro atoms. The van der Waals surface area contributed by atoms with Gasteiger partial charge in [-0.05, 0) is 12.1 Å². The van der Waals surface area contributed by atoms with Crippen molar-refractivity contribution in [3.63, 3.8) is 0 Å². The second-order valence-corrected chi connectivity index (χ2v) is 3.59. The zero-order chi connectivity index (χ0) is 14.4. The van der Waals surface area contributed by atoms with Crippen molar-refractivity contribution >= 4 is 17.8 Å². The number of aromatic nitrogens is 1. The summed E-state index contributed by atoms with van der Waals surface area (Å²) in [5, 5.41) is 11.1. The van der Waals surface area contributed by atoms with Gasteiger partial charge in [0.25, 0.3) is 5.91 Å². The Labute approximate surface area is 108 Å². The molecule has 0 unspecified atom stereocenters. The van der Waals surface area contributed by atoms with Crippen LogP contribution in [0.1, 0.15) is 16.8 Å². The summed E-state index contributed by atoms with van der Waals surface area (Å²) in [5.41, 5.74) is 4.98. The highest BCUT2D eigenvalue weighted by Crippen LogP contribution is 2.13. The number of nitrogens with zero attached hydrogens (tertiary/aromatic N) is 1. The Morgan fingerprint density at radius 2 is 2.21 bits per heavy atom. The van der Waals surface area contributed by atoms with Gasteiger partial charge in [-0.1, -0.05) is 0 Å². The first kappa shape index (κ1) is 14.4. The first-order valence-electron chi connectivity index (χ1n) is 5.26. The minimum atomic E-state index is -1.39. The van der Waals surface area contributed by atoms with Crippen LogP contribution in [0.25, 0.3) is 0 Å². The maximum atomic E-state index is 11.9. The van der Waals surface area contributed by atoms with E-state index in [1.165, 1.54) is 25.4 Å². The number of nitrogens with one attached hydrogen (secondary N) is 1. The number of methoxy groups -OCH3 is 1. The average Bonchev–Trinajstić information content (AvgIpc) is 2.37. The van der Waals surface area contributed by atoms with Gasteiger partial charge in [0.1, 0.15) is 11.6 Å². The third-order valence-electron chi connectivity index (χ3n) is 2.22. The highest BCUT2D eigenvalue weighted by molar-refractivity contribution is 5.99. The lowest BCUT2D eigenvalue weighted by Gasteiger charge is -2.13. The lowest BCUT2D eigenvalue weighted by atomic mass is 10.1. The van der Waals surface area contributed by atoms with E-state index in [1.807, 2.05) is 0 Å². The van der Waals surface area contributed by atoms with Crippen LogP contribution in [-0.2, 0) is 9.59 Å². The monoisotopic (exact) mass is 267 g/mol. The van der Waals surface area contributed by atoms with Crippen molar-refractivity contribution in [2.45, 2.75) is 12.5 Å². The highest BCUT2D eigenvalue weighted by atomic mass is 16.5. The number of nitrogens with two attached hydrogens (primary N) is 1. The summed E-state index contributed by atoms with van der Waals surface area (Å²) in [4.78, 5) is 37.3. The molecule has 0 bridgehead atoms. The number of hydrogen-bond donors (Lipinski definition) is 3. The van der Waals surface area contributed by atoms with Crippen LogP contribution in [0.2, 0.25) is 0 Å². The number of amides is 2. The molecule has 0 saturated carbocycles. The molecule has 0 aliphatic heterocycles. The Bertz CT molecular complexity index is 503. The first-order chi connectivity index (χ1) is 8.95. The number of carbonyl (C=O) groups is 3. The van der Waals surface area contributed by atoms with Crippen molar-refractivity contribution in [1.29, 1.82) is 0 Å². The van der Waals surface area contributed by atoms with Crippen LogP contribution in [0.3, 0.4) is 0 Å². The fourth-order valence-corrected chi connectivity index (χ4v) is 1.36. The molecule has 1 aromatic rings. The molecule has 2 amide bonds. The highest BCUT2D eigenvalue weighted by Gasteiger charge is 2.24. The van der Waals surface area contributed by atoms with Gasteiger partial charge in [-0.3, -0.25) is 9.59 Å². The normalized spacial score (nSPS) is 11.4. The van der Waals surface area contributed by atoms with Gasteiger partial charge in [-0.2, -0.15) is 0 Å². The second-order valence-electron chi connectivity index (χ2n) is 3.59. The minimum absolute atomic E-state index is 0.0585. The molecular weight excluding hydrogens is 254 g/mol. The van der Waals surface area contributed by atoms with Gasteiger partial charge in [0.05, 0.1) is 13.5 Å². The fourth-order valence-electron chi connectivity index (χ4n) is 1.36. The number of carboxylic acids is 1. The summed E-state index contributed by atoms with van der Waals surface area (Å²) in [5.74, 6) is -2.83. The minimum Gasteiger partial charge on any atom is -0.480 e. The van der Waals surface area contributed by atoms with Crippen molar-refractivity contribution in [2.75, 3.05) is 7.11 Å². The third kappa shape index (κ3) is 3.95. The SMILES string of the molecule is COc1ncccc1C(=O)N[C@@H](CC(N)=O)C(=O)O. The standard InChI is InChI=1S/C11H13N3O5/c1-19-10-6(3-2-4-13-10)9(16)14-7(11(17)18)5-8(12)15/h2-4,7H,5H2,1H3,(H2,12,15)(H,14,16)(H,17,18)/t7-/m0/s1. The molecule has 0 fully saturated rings. The molecule has 1 rings (SSSR count). The van der Waals surface area contributed by atoms with Crippen molar-refractivity contribution in [3.8, 4) is 5.88 Å². The van der Waals surface area contributed by atoms with Crippen molar-refractivity contribution in [3.05, 3.63) is 23.9 Å². The van der Waals surface area contributed by atoms with Gasteiger partial charge in [0, 0.05) is 6.20 Å². The summed E-state index contributed by atoms with van der Waals surface area (Å²) < 4.78 is 4.88. The Hall–Kier alpha value is -2.64. The topological polar surface area (TPSA) is 132 Å². The predicted molar refractivity (Wildman–Crippen MR) is 63.5 cm³/mol. The molecule has 0 aliphatic rings. The molecule has 0 aromatic carbocycles. The summed E-state index contributed by atoms with van der Waals surface area (Å²) in [7, 11) is 1.33. The zero-order valence-electron chi connectivity index (χ0n) is 10.1. The number of rotatable bonds is 6. The summed E-state index contributed by atoms with van der Waals surface area (Å²) in [6, 6.07) is 1.53.